The highest BCUT2D eigenvalue weighted by atomic mass is 32.2. The Kier molecular flexibility index (Phi) is 6.34. The van der Waals surface area contributed by atoms with E-state index in [1.807, 2.05) is 30.3 Å². The van der Waals surface area contributed by atoms with Crippen molar-refractivity contribution in [3.05, 3.63) is 56.7 Å². The summed E-state index contributed by atoms with van der Waals surface area (Å²) in [4.78, 5) is 41.0. The van der Waals surface area contributed by atoms with Gasteiger partial charge in [-0.25, -0.2) is 4.79 Å². The first-order chi connectivity index (χ1) is 13.9. The minimum Gasteiger partial charge on any atom is -0.383 e. The highest BCUT2D eigenvalue weighted by Crippen LogP contribution is 2.25. The van der Waals surface area contributed by atoms with E-state index in [0.29, 0.717) is 9.47 Å². The number of hydrogen-bond donors (Lipinski definition) is 3. The molecule has 29 heavy (non-hydrogen) atoms. The lowest BCUT2D eigenvalue weighted by Crippen LogP contribution is -2.41. The lowest BCUT2D eigenvalue weighted by Gasteiger charge is -2.23. The minimum absolute atomic E-state index is 0.0131. The second-order valence-corrected chi connectivity index (χ2v) is 8.13. The molecule has 5 N–H and O–H groups in total. The lowest BCUT2D eigenvalue weighted by molar-refractivity contribution is -0.116. The molecule has 2 heterocycles. The maximum absolute atomic E-state index is 12.7. The van der Waals surface area contributed by atoms with Gasteiger partial charge in [0.1, 0.15) is 5.82 Å². The van der Waals surface area contributed by atoms with Crippen LogP contribution in [0.5, 0.6) is 0 Å². The summed E-state index contributed by atoms with van der Waals surface area (Å²) in [7, 11) is 0. The summed E-state index contributed by atoms with van der Waals surface area (Å²) in [6.45, 7) is 2.09. The molecule has 0 atom stereocenters. The van der Waals surface area contributed by atoms with Crippen LogP contribution in [0.3, 0.4) is 0 Å². The third kappa shape index (κ3) is 4.66. The van der Waals surface area contributed by atoms with Gasteiger partial charge in [0, 0.05) is 6.54 Å². The molecule has 152 valence electrons. The smallest absolute Gasteiger partial charge is 0.330 e. The number of hydrogen-bond acceptors (Lipinski definition) is 9. The van der Waals surface area contributed by atoms with Crippen molar-refractivity contribution in [3.63, 3.8) is 0 Å². The largest absolute Gasteiger partial charge is 0.383 e. The van der Waals surface area contributed by atoms with Crippen LogP contribution in [-0.2, 0) is 11.3 Å². The molecule has 0 radical (unpaired) electrons. The van der Waals surface area contributed by atoms with Crippen molar-refractivity contribution >= 4 is 45.6 Å². The normalized spacial score (nSPS) is 10.8. The minimum atomic E-state index is -0.711. The number of carbonyl (C=O) groups excluding carboxylic acids is 1. The number of amides is 1. The Morgan fingerprint density at radius 3 is 2.59 bits per heavy atom. The molecule has 0 aliphatic rings. The number of carbonyl (C=O) groups is 1. The van der Waals surface area contributed by atoms with Crippen LogP contribution in [0.4, 0.5) is 16.6 Å². The zero-order valence-corrected chi connectivity index (χ0v) is 17.1. The van der Waals surface area contributed by atoms with Gasteiger partial charge < -0.3 is 16.4 Å². The van der Waals surface area contributed by atoms with Crippen molar-refractivity contribution in [1.29, 1.82) is 0 Å². The van der Waals surface area contributed by atoms with Gasteiger partial charge in [-0.05, 0) is 12.5 Å². The number of aromatic nitrogens is 4. The number of rotatable bonds is 7. The number of H-pyrrole nitrogens is 1. The number of nitrogens with one attached hydrogen (secondary N) is 1. The molecule has 0 saturated carbocycles. The number of benzene rings is 1. The molecule has 1 amide bonds. The van der Waals surface area contributed by atoms with Gasteiger partial charge in [0.2, 0.25) is 11.0 Å². The zero-order valence-electron chi connectivity index (χ0n) is 15.5. The Labute approximate surface area is 173 Å². The Bertz CT molecular complexity index is 1120. The maximum Gasteiger partial charge on any atom is 0.330 e. The van der Waals surface area contributed by atoms with E-state index in [9.17, 15) is 14.4 Å². The van der Waals surface area contributed by atoms with Gasteiger partial charge >= 0.3 is 5.69 Å². The maximum atomic E-state index is 12.7. The molecule has 0 bridgehead atoms. The summed E-state index contributed by atoms with van der Waals surface area (Å²) < 4.78 is 1.78. The van der Waals surface area contributed by atoms with Crippen LogP contribution in [0.2, 0.25) is 0 Å². The first-order valence-electron chi connectivity index (χ1n) is 8.59. The van der Waals surface area contributed by atoms with Crippen LogP contribution in [0.1, 0.15) is 12.5 Å². The number of nitrogens with two attached hydrogens (primary N) is 2. The molecule has 2 aromatic heterocycles. The molecule has 3 rings (SSSR count). The molecule has 3 aromatic rings. The van der Waals surface area contributed by atoms with Gasteiger partial charge in [-0.3, -0.25) is 19.1 Å². The monoisotopic (exact) mass is 433 g/mol. The van der Waals surface area contributed by atoms with E-state index >= 15 is 0 Å². The van der Waals surface area contributed by atoms with Crippen LogP contribution >= 0.6 is 23.1 Å². The van der Waals surface area contributed by atoms with Crippen molar-refractivity contribution in [3.8, 4) is 0 Å². The molecule has 0 aliphatic heterocycles. The molecule has 12 heteroatoms. The summed E-state index contributed by atoms with van der Waals surface area (Å²) in [6, 6.07) is 9.20. The quantitative estimate of drug-likeness (QED) is 0.461. The third-order valence-electron chi connectivity index (χ3n) is 4.03. The van der Waals surface area contributed by atoms with Crippen molar-refractivity contribution in [1.82, 2.24) is 19.7 Å². The van der Waals surface area contributed by atoms with Crippen molar-refractivity contribution in [2.45, 2.75) is 17.8 Å². The van der Waals surface area contributed by atoms with E-state index in [0.717, 1.165) is 17.3 Å². The van der Waals surface area contributed by atoms with E-state index in [-0.39, 0.29) is 36.3 Å². The average molecular weight is 434 g/mol. The second kappa shape index (κ2) is 8.92. The van der Waals surface area contributed by atoms with Crippen molar-refractivity contribution in [2.75, 3.05) is 28.7 Å². The third-order valence-corrected chi connectivity index (χ3v) is 5.90. The Hall–Kier alpha value is -3.12. The van der Waals surface area contributed by atoms with Gasteiger partial charge in [-0.2, -0.15) is 0 Å². The first-order valence-corrected chi connectivity index (χ1v) is 10.4. The summed E-state index contributed by atoms with van der Waals surface area (Å²) in [5.74, 6) is -0.407. The summed E-state index contributed by atoms with van der Waals surface area (Å²) >= 11 is 2.33. The predicted octanol–water partition coefficient (Wildman–Crippen LogP) is 0.746. The van der Waals surface area contributed by atoms with Gasteiger partial charge in [-0.1, -0.05) is 53.4 Å². The molecule has 0 spiro atoms. The van der Waals surface area contributed by atoms with Crippen LogP contribution in [0.15, 0.2) is 44.3 Å². The predicted molar refractivity (Wildman–Crippen MR) is 114 cm³/mol. The fraction of sp³-hybridized carbons (Fsp3) is 0.235. The number of aromatic amines is 1. The van der Waals surface area contributed by atoms with Crippen molar-refractivity contribution < 1.29 is 4.79 Å². The topological polar surface area (TPSA) is 153 Å². The molecule has 0 unspecified atom stereocenters. The Morgan fingerprint density at radius 1 is 1.24 bits per heavy atom. The summed E-state index contributed by atoms with van der Waals surface area (Å²) in [6.07, 6.45) is 0. The Balaban J connectivity index is 1.90. The second-order valence-electron chi connectivity index (χ2n) is 5.90. The standard InChI is InChI=1S/C17H19N7O3S2/c1-2-23(11(25)9-28-17-22-21-15(19)29-17)12-13(18)24(16(27)20-14(12)26)8-10-6-4-3-5-7-10/h3-7H,2,8-9,18H2,1H3,(H2,19,21)(H,20,26,27). The first kappa shape index (κ1) is 20.6. The highest BCUT2D eigenvalue weighted by molar-refractivity contribution is 8.01. The zero-order chi connectivity index (χ0) is 21.0. The van der Waals surface area contributed by atoms with Crippen LogP contribution in [-0.4, -0.2) is 38.0 Å². The van der Waals surface area contributed by atoms with Gasteiger partial charge in [-0.15, -0.1) is 10.2 Å². The summed E-state index contributed by atoms with van der Waals surface area (Å²) in [5.41, 5.74) is 11.1. The van der Waals surface area contributed by atoms with E-state index < -0.39 is 11.2 Å². The highest BCUT2D eigenvalue weighted by Gasteiger charge is 2.23. The van der Waals surface area contributed by atoms with E-state index in [2.05, 4.69) is 15.2 Å². The Morgan fingerprint density at radius 2 is 1.97 bits per heavy atom. The van der Waals surface area contributed by atoms with Crippen LogP contribution in [0, 0.1) is 0 Å². The van der Waals surface area contributed by atoms with E-state index in [1.54, 1.807) is 6.92 Å². The van der Waals surface area contributed by atoms with Crippen LogP contribution in [0.25, 0.3) is 0 Å². The van der Waals surface area contributed by atoms with Gasteiger partial charge in [0.15, 0.2) is 10.0 Å². The average Bonchev–Trinajstić information content (AvgIpc) is 3.12. The molecular formula is C17H19N7O3S2. The fourth-order valence-corrected chi connectivity index (χ4v) is 4.21. The van der Waals surface area contributed by atoms with E-state index in [1.165, 1.54) is 20.8 Å². The molecule has 0 aliphatic carbocycles. The molecule has 10 nitrogen and oxygen atoms in total. The number of nitrogens with zero attached hydrogens (tertiary/aromatic N) is 4. The van der Waals surface area contributed by atoms with Gasteiger partial charge in [0.05, 0.1) is 12.3 Å². The van der Waals surface area contributed by atoms with Crippen molar-refractivity contribution in [2.24, 2.45) is 0 Å². The lowest BCUT2D eigenvalue weighted by atomic mass is 10.2. The van der Waals surface area contributed by atoms with Crippen LogP contribution < -0.4 is 27.6 Å². The summed E-state index contributed by atoms with van der Waals surface area (Å²) in [5, 5.41) is 7.85. The van der Waals surface area contributed by atoms with Gasteiger partial charge in [0.25, 0.3) is 5.56 Å². The molecule has 1 aromatic carbocycles. The number of anilines is 3. The molecule has 0 fully saturated rings. The fourth-order valence-electron chi connectivity index (χ4n) is 2.70. The number of thioether (sulfide) groups is 1. The molecule has 0 saturated heterocycles. The number of nitrogen functional groups attached to an aromatic ring is 2. The van der Waals surface area contributed by atoms with E-state index in [4.69, 9.17) is 11.5 Å². The molecular weight excluding hydrogens is 414 g/mol. The SMILES string of the molecule is CCN(C(=O)CSc1nnc(N)s1)c1c(N)n(Cc2ccccc2)c(=O)[nH]c1=O.